The average Bonchev–Trinajstić information content (AvgIpc) is 2.81. The Morgan fingerprint density at radius 3 is 2.00 bits per heavy atom. The van der Waals surface area contributed by atoms with Crippen molar-refractivity contribution in [3.63, 3.8) is 0 Å². The summed E-state index contributed by atoms with van der Waals surface area (Å²) in [6, 6.07) is 9.62. The van der Waals surface area contributed by atoms with Crippen LogP contribution in [0.25, 0.3) is 0 Å². The van der Waals surface area contributed by atoms with Crippen molar-refractivity contribution in [3.8, 4) is 5.75 Å². The van der Waals surface area contributed by atoms with Crippen LogP contribution in [0.3, 0.4) is 0 Å². The third-order valence-corrected chi connectivity index (χ3v) is 5.86. The van der Waals surface area contributed by atoms with Crippen molar-refractivity contribution in [2.45, 2.75) is 24.7 Å². The summed E-state index contributed by atoms with van der Waals surface area (Å²) in [5.74, 6) is -1.65. The zero-order valence-electron chi connectivity index (χ0n) is 18.5. The number of carbonyl (C=O) groups excluding carboxylic acids is 3. The number of nitrogens with one attached hydrogen (secondary N) is 2. The number of hydrogen-bond acceptors (Lipinski definition) is 8. The Kier molecular flexibility index (Phi) is 9.37. The molecule has 0 radical (unpaired) electrons. The SMILES string of the molecule is CCCCNS(=O)(=O)c1ccc(OCC(=O)Nc2cc(C(=O)OC)cc(C(=O)OC)c2)cc1. The molecular weight excluding hydrogens is 452 g/mol. The summed E-state index contributed by atoms with van der Waals surface area (Å²) in [5, 5.41) is 2.53. The van der Waals surface area contributed by atoms with Gasteiger partial charge in [-0.25, -0.2) is 22.7 Å². The molecule has 0 aliphatic heterocycles. The van der Waals surface area contributed by atoms with Gasteiger partial charge >= 0.3 is 11.9 Å². The molecule has 0 spiro atoms. The molecule has 0 saturated heterocycles. The van der Waals surface area contributed by atoms with Gasteiger partial charge in [0.2, 0.25) is 10.0 Å². The molecule has 0 fully saturated rings. The fourth-order valence-corrected chi connectivity index (χ4v) is 3.77. The molecule has 10 nitrogen and oxygen atoms in total. The molecule has 0 heterocycles. The summed E-state index contributed by atoms with van der Waals surface area (Å²) >= 11 is 0. The normalized spacial score (nSPS) is 10.9. The Hall–Kier alpha value is -3.44. The highest BCUT2D eigenvalue weighted by Gasteiger charge is 2.16. The lowest BCUT2D eigenvalue weighted by atomic mass is 10.1. The van der Waals surface area contributed by atoms with Crippen molar-refractivity contribution < 1.29 is 37.0 Å². The van der Waals surface area contributed by atoms with Gasteiger partial charge in [0.1, 0.15) is 5.75 Å². The number of sulfonamides is 1. The van der Waals surface area contributed by atoms with Crippen molar-refractivity contribution in [2.24, 2.45) is 0 Å². The van der Waals surface area contributed by atoms with Gasteiger partial charge in [0.25, 0.3) is 5.91 Å². The van der Waals surface area contributed by atoms with Crippen LogP contribution in [0.2, 0.25) is 0 Å². The van der Waals surface area contributed by atoms with E-state index in [1.807, 2.05) is 6.92 Å². The standard InChI is InChI=1S/C22H26N2O8S/c1-4-5-10-23-33(28,29)19-8-6-18(7-9-19)32-14-20(25)24-17-12-15(21(26)30-2)11-16(13-17)22(27)31-3/h6-9,11-13,23H,4-5,10,14H2,1-3H3,(H,24,25). The first-order valence-corrected chi connectivity index (χ1v) is 11.5. The van der Waals surface area contributed by atoms with E-state index >= 15 is 0 Å². The first-order valence-electron chi connectivity index (χ1n) is 10.0. The Balaban J connectivity index is 2.02. The van der Waals surface area contributed by atoms with Gasteiger partial charge in [-0.15, -0.1) is 0 Å². The summed E-state index contributed by atoms with van der Waals surface area (Å²) in [5.41, 5.74) is 0.286. The molecule has 33 heavy (non-hydrogen) atoms. The lowest BCUT2D eigenvalue weighted by Gasteiger charge is -2.11. The lowest BCUT2D eigenvalue weighted by molar-refractivity contribution is -0.118. The van der Waals surface area contributed by atoms with Gasteiger partial charge in [0.05, 0.1) is 30.2 Å². The van der Waals surface area contributed by atoms with Crippen LogP contribution in [0.15, 0.2) is 47.4 Å². The van der Waals surface area contributed by atoms with Gasteiger partial charge in [-0.05, 0) is 48.9 Å². The second-order valence-electron chi connectivity index (χ2n) is 6.84. The van der Waals surface area contributed by atoms with Crippen LogP contribution in [0.1, 0.15) is 40.5 Å². The van der Waals surface area contributed by atoms with E-state index in [1.165, 1.54) is 56.7 Å². The molecule has 2 aromatic carbocycles. The monoisotopic (exact) mass is 478 g/mol. The van der Waals surface area contributed by atoms with E-state index in [9.17, 15) is 22.8 Å². The second kappa shape index (κ2) is 12.0. The maximum atomic E-state index is 12.3. The summed E-state index contributed by atoms with van der Waals surface area (Å²) in [7, 11) is -1.23. The van der Waals surface area contributed by atoms with Crippen LogP contribution in [0.4, 0.5) is 5.69 Å². The lowest BCUT2D eigenvalue weighted by Crippen LogP contribution is -2.24. The van der Waals surface area contributed by atoms with Crippen molar-refractivity contribution in [3.05, 3.63) is 53.6 Å². The predicted octanol–water partition coefficient (Wildman–Crippen LogP) is 2.36. The van der Waals surface area contributed by atoms with Crippen LogP contribution < -0.4 is 14.8 Å². The van der Waals surface area contributed by atoms with E-state index in [2.05, 4.69) is 19.5 Å². The van der Waals surface area contributed by atoms with Gasteiger partial charge in [-0.1, -0.05) is 13.3 Å². The van der Waals surface area contributed by atoms with Crippen LogP contribution in [-0.4, -0.2) is 53.6 Å². The molecule has 2 N–H and O–H groups in total. The smallest absolute Gasteiger partial charge is 0.337 e. The van der Waals surface area contributed by atoms with E-state index in [0.29, 0.717) is 6.54 Å². The van der Waals surface area contributed by atoms with Crippen LogP contribution in [-0.2, 0) is 24.3 Å². The van der Waals surface area contributed by atoms with Crippen LogP contribution in [0, 0.1) is 0 Å². The van der Waals surface area contributed by atoms with Gasteiger partial charge < -0.3 is 19.5 Å². The first kappa shape index (κ1) is 25.8. The Morgan fingerprint density at radius 1 is 0.909 bits per heavy atom. The van der Waals surface area contributed by atoms with E-state index in [4.69, 9.17) is 4.74 Å². The fourth-order valence-electron chi connectivity index (χ4n) is 2.70. The van der Waals surface area contributed by atoms with E-state index in [1.54, 1.807) is 0 Å². The zero-order chi connectivity index (χ0) is 24.4. The number of carbonyl (C=O) groups is 3. The molecule has 0 aliphatic carbocycles. The number of rotatable bonds is 11. The second-order valence-corrected chi connectivity index (χ2v) is 8.61. The maximum Gasteiger partial charge on any atom is 0.337 e. The van der Waals surface area contributed by atoms with E-state index in [0.717, 1.165) is 12.8 Å². The molecule has 1 amide bonds. The topological polar surface area (TPSA) is 137 Å². The van der Waals surface area contributed by atoms with E-state index in [-0.39, 0.29) is 27.5 Å². The summed E-state index contributed by atoms with van der Waals surface area (Å²) in [4.78, 5) is 36.0. The van der Waals surface area contributed by atoms with Crippen molar-refractivity contribution >= 4 is 33.6 Å². The first-order chi connectivity index (χ1) is 15.7. The van der Waals surface area contributed by atoms with Crippen molar-refractivity contribution in [1.29, 1.82) is 0 Å². The molecule has 2 rings (SSSR count). The average molecular weight is 479 g/mol. The largest absolute Gasteiger partial charge is 0.484 e. The Morgan fingerprint density at radius 2 is 1.48 bits per heavy atom. The van der Waals surface area contributed by atoms with Crippen molar-refractivity contribution in [1.82, 2.24) is 4.72 Å². The van der Waals surface area contributed by atoms with Gasteiger partial charge in [0.15, 0.2) is 6.61 Å². The molecule has 178 valence electrons. The molecule has 0 unspecified atom stereocenters. The highest BCUT2D eigenvalue weighted by molar-refractivity contribution is 7.89. The number of anilines is 1. The molecular formula is C22H26N2O8S. The number of benzene rings is 2. The number of methoxy groups -OCH3 is 2. The molecule has 11 heteroatoms. The highest BCUT2D eigenvalue weighted by atomic mass is 32.2. The molecule has 0 saturated carbocycles. The Labute approximate surface area is 192 Å². The maximum absolute atomic E-state index is 12.3. The fraction of sp³-hybridized carbons (Fsp3) is 0.318. The summed E-state index contributed by atoms with van der Waals surface area (Å²) in [6.07, 6.45) is 1.60. The third-order valence-electron chi connectivity index (χ3n) is 4.39. The molecule has 2 aromatic rings. The van der Waals surface area contributed by atoms with Crippen LogP contribution in [0.5, 0.6) is 5.75 Å². The Bertz CT molecular complexity index is 1060. The van der Waals surface area contributed by atoms with Crippen molar-refractivity contribution in [2.75, 3.05) is 32.7 Å². The number of amides is 1. The summed E-state index contributed by atoms with van der Waals surface area (Å²) < 4.78 is 41.6. The number of unbranched alkanes of at least 4 members (excludes halogenated alkanes) is 1. The number of esters is 2. The van der Waals surface area contributed by atoms with Crippen LogP contribution >= 0.6 is 0 Å². The highest BCUT2D eigenvalue weighted by Crippen LogP contribution is 2.18. The quantitative estimate of drug-likeness (QED) is 0.371. The minimum atomic E-state index is -3.61. The summed E-state index contributed by atoms with van der Waals surface area (Å²) in [6.45, 7) is 1.92. The van der Waals surface area contributed by atoms with E-state index < -0.39 is 34.5 Å². The zero-order valence-corrected chi connectivity index (χ0v) is 19.4. The molecule has 0 bridgehead atoms. The predicted molar refractivity (Wildman–Crippen MR) is 120 cm³/mol. The molecule has 0 aliphatic rings. The third kappa shape index (κ3) is 7.58. The van der Waals surface area contributed by atoms with Gasteiger partial charge in [0, 0.05) is 12.2 Å². The number of ether oxygens (including phenoxy) is 3. The van der Waals surface area contributed by atoms with Gasteiger partial charge in [-0.2, -0.15) is 0 Å². The molecule has 0 aromatic heterocycles. The van der Waals surface area contributed by atoms with Gasteiger partial charge in [-0.3, -0.25) is 4.79 Å². The minimum Gasteiger partial charge on any atom is -0.484 e. The molecule has 0 atom stereocenters. The minimum absolute atomic E-state index is 0.0564. The number of hydrogen-bond donors (Lipinski definition) is 2.